The number of nitrogens with one attached hydrogen (secondary N) is 1. The number of hydrogen-bond acceptors (Lipinski definition) is 6. The maximum Gasteiger partial charge on any atom is 0.268 e. The lowest BCUT2D eigenvalue weighted by molar-refractivity contribution is -0.870. The SMILES string of the molecule is CC/C=C\C/C=C\C/C=C\C/C=C\C/C=C\C/C=C\C/C=C\C/C=C\C/C=C\C/C=C\CCCCCCCCCCC(=O)NC(COP(=O)([O-])OCC[N+](C)(C)C)C(O)/C=C/CC/C=C/CC/C=C/CCCC. The molecule has 3 atom stereocenters. The van der Waals surface area contributed by atoms with Gasteiger partial charge in [0.1, 0.15) is 13.2 Å². The molecule has 0 aromatic carbocycles. The standard InChI is InChI=1S/C64H105N2O6P/c1-6-8-10-12-14-16-18-20-21-22-23-24-25-26-27-28-29-30-31-32-33-34-35-36-37-38-39-40-41-42-43-44-45-46-48-50-52-54-56-58-64(68)65-62(61-72-73(69,70)71-60-59-66(3,4)5)63(67)57-55-53-51-49-47-19-17-15-13-11-9-7-2/h8,10,13-16,20-21,23-24,26-27,29-30,32-33,35-36,38-39,41-42,47,49,55,57,62-63,67H,6-7,9,11-12,17-19,22,25,28,31,34,37,40,43-46,48,50-54,56,58-61H2,1-5H3,(H-,65,68,69,70)/b10-8-,15-13+,16-14-,21-20-,24-23-,27-26-,30-29-,33-32-,36-35-,39-38-,42-41-,49-47+,57-55+. The van der Waals surface area contributed by atoms with Gasteiger partial charge in [-0.3, -0.25) is 9.36 Å². The van der Waals surface area contributed by atoms with E-state index in [1.54, 1.807) is 6.08 Å². The summed E-state index contributed by atoms with van der Waals surface area (Å²) in [7, 11) is 1.20. The highest BCUT2D eigenvalue weighted by molar-refractivity contribution is 7.45. The van der Waals surface area contributed by atoms with Crippen molar-refractivity contribution in [2.75, 3.05) is 40.9 Å². The molecule has 0 aromatic rings. The third-order valence-electron chi connectivity index (χ3n) is 11.4. The first kappa shape index (κ1) is 69.1. The fraction of sp³-hybridized carbons (Fsp3) is 0.578. The number of carbonyl (C=O) groups excluding carboxylic acids is 1. The monoisotopic (exact) mass is 1030 g/mol. The van der Waals surface area contributed by atoms with Crippen LogP contribution in [-0.4, -0.2) is 68.5 Å². The van der Waals surface area contributed by atoms with Gasteiger partial charge in [-0.25, -0.2) is 0 Å². The first-order chi connectivity index (χ1) is 35.5. The number of phosphoric ester groups is 1. The van der Waals surface area contributed by atoms with Crippen molar-refractivity contribution in [3.63, 3.8) is 0 Å². The van der Waals surface area contributed by atoms with Crippen LogP contribution in [0.25, 0.3) is 0 Å². The number of allylic oxidation sites excluding steroid dienone is 25. The maximum atomic E-state index is 12.9. The van der Waals surface area contributed by atoms with Gasteiger partial charge in [0, 0.05) is 6.42 Å². The third kappa shape index (κ3) is 55.7. The molecule has 0 bridgehead atoms. The van der Waals surface area contributed by atoms with Crippen molar-refractivity contribution < 1.29 is 32.9 Å². The number of likely N-dealkylation sites (N-methyl/N-ethyl adjacent to an activating group) is 1. The lowest BCUT2D eigenvalue weighted by atomic mass is 10.1. The van der Waals surface area contributed by atoms with Gasteiger partial charge in [-0.05, 0) is 116 Å². The van der Waals surface area contributed by atoms with Crippen LogP contribution < -0.4 is 10.2 Å². The molecule has 0 aliphatic rings. The van der Waals surface area contributed by atoms with Crippen molar-refractivity contribution in [1.29, 1.82) is 0 Å². The average molecular weight is 1030 g/mol. The molecule has 0 aliphatic carbocycles. The van der Waals surface area contributed by atoms with E-state index in [2.05, 4.69) is 165 Å². The zero-order valence-electron chi connectivity index (χ0n) is 46.8. The molecule has 0 saturated heterocycles. The number of aliphatic hydroxyl groups is 1. The molecule has 0 radical (unpaired) electrons. The van der Waals surface area contributed by atoms with Crippen molar-refractivity contribution in [1.82, 2.24) is 5.32 Å². The van der Waals surface area contributed by atoms with Crippen molar-refractivity contribution in [2.45, 2.75) is 199 Å². The molecule has 0 heterocycles. The van der Waals surface area contributed by atoms with Gasteiger partial charge in [0.05, 0.1) is 39.9 Å². The van der Waals surface area contributed by atoms with Gasteiger partial charge in [0.2, 0.25) is 5.91 Å². The first-order valence-corrected chi connectivity index (χ1v) is 29.8. The van der Waals surface area contributed by atoms with Crippen LogP contribution in [0.5, 0.6) is 0 Å². The number of carbonyl (C=O) groups is 1. The van der Waals surface area contributed by atoms with Gasteiger partial charge < -0.3 is 28.8 Å². The van der Waals surface area contributed by atoms with E-state index in [1.165, 1.54) is 38.5 Å². The Kier molecular flexibility index (Phi) is 50.1. The Morgan fingerprint density at radius 3 is 1.27 bits per heavy atom. The highest BCUT2D eigenvalue weighted by Gasteiger charge is 2.23. The summed E-state index contributed by atoms with van der Waals surface area (Å²) >= 11 is 0. The Hall–Kier alpha value is -3.88. The van der Waals surface area contributed by atoms with Gasteiger partial charge >= 0.3 is 0 Å². The van der Waals surface area contributed by atoms with Crippen molar-refractivity contribution in [2.24, 2.45) is 0 Å². The Balaban J connectivity index is 4.16. The van der Waals surface area contributed by atoms with E-state index in [9.17, 15) is 19.4 Å². The molecule has 8 nitrogen and oxygen atoms in total. The Bertz CT molecular complexity index is 1740. The van der Waals surface area contributed by atoms with Crippen molar-refractivity contribution in [3.8, 4) is 0 Å². The summed E-state index contributed by atoms with van der Waals surface area (Å²) in [6.07, 6.45) is 83.3. The number of phosphoric acid groups is 1. The van der Waals surface area contributed by atoms with Gasteiger partial charge in [0.25, 0.3) is 7.82 Å². The van der Waals surface area contributed by atoms with Gasteiger partial charge in [-0.1, -0.05) is 223 Å². The fourth-order valence-electron chi connectivity index (χ4n) is 7.02. The van der Waals surface area contributed by atoms with E-state index in [0.717, 1.165) is 128 Å². The molecule has 0 saturated carbocycles. The quantitative estimate of drug-likeness (QED) is 0.0272. The summed E-state index contributed by atoms with van der Waals surface area (Å²) < 4.78 is 23.2. The molecular weight excluding hydrogens is 924 g/mol. The second kappa shape index (κ2) is 53.0. The molecule has 3 unspecified atom stereocenters. The van der Waals surface area contributed by atoms with E-state index < -0.39 is 26.6 Å². The zero-order chi connectivity index (χ0) is 53.5. The van der Waals surface area contributed by atoms with Crippen molar-refractivity contribution in [3.05, 3.63) is 158 Å². The minimum Gasteiger partial charge on any atom is -0.756 e. The zero-order valence-corrected chi connectivity index (χ0v) is 47.7. The number of rotatable bonds is 49. The maximum absolute atomic E-state index is 12.9. The van der Waals surface area contributed by atoms with Gasteiger partial charge in [-0.2, -0.15) is 0 Å². The summed E-state index contributed by atoms with van der Waals surface area (Å²) in [6, 6.07) is -0.925. The van der Waals surface area contributed by atoms with Crippen LogP contribution in [0.1, 0.15) is 187 Å². The summed E-state index contributed by atoms with van der Waals surface area (Å²) in [4.78, 5) is 25.4. The highest BCUT2D eigenvalue weighted by Crippen LogP contribution is 2.38. The minimum atomic E-state index is -4.62. The van der Waals surface area contributed by atoms with Gasteiger partial charge in [-0.15, -0.1) is 0 Å². The lowest BCUT2D eigenvalue weighted by Gasteiger charge is -2.29. The van der Waals surface area contributed by atoms with Crippen LogP contribution in [0.15, 0.2) is 158 Å². The van der Waals surface area contributed by atoms with E-state index in [1.807, 2.05) is 27.2 Å². The number of amides is 1. The Morgan fingerprint density at radius 2 is 0.849 bits per heavy atom. The van der Waals surface area contributed by atoms with Gasteiger partial charge in [0.15, 0.2) is 0 Å². The van der Waals surface area contributed by atoms with Crippen LogP contribution >= 0.6 is 7.82 Å². The number of aliphatic hydroxyl groups excluding tert-OH is 1. The molecule has 73 heavy (non-hydrogen) atoms. The molecule has 0 aromatic heterocycles. The van der Waals surface area contributed by atoms with E-state index in [4.69, 9.17) is 9.05 Å². The molecule has 0 fully saturated rings. The normalized spacial score (nSPS) is 15.1. The second-order valence-electron chi connectivity index (χ2n) is 19.5. The molecule has 0 rings (SSSR count). The predicted octanol–water partition coefficient (Wildman–Crippen LogP) is 16.8. The molecule has 0 spiro atoms. The van der Waals surface area contributed by atoms with E-state index >= 15 is 0 Å². The summed E-state index contributed by atoms with van der Waals surface area (Å²) in [5, 5.41) is 13.8. The van der Waals surface area contributed by atoms with Crippen LogP contribution in [0.3, 0.4) is 0 Å². The lowest BCUT2D eigenvalue weighted by Crippen LogP contribution is -2.45. The molecule has 2 N–H and O–H groups in total. The smallest absolute Gasteiger partial charge is 0.268 e. The number of quaternary nitrogens is 1. The largest absolute Gasteiger partial charge is 0.756 e. The minimum absolute atomic E-state index is 0.0193. The third-order valence-corrected chi connectivity index (χ3v) is 12.4. The topological polar surface area (TPSA) is 108 Å². The predicted molar refractivity (Wildman–Crippen MR) is 315 cm³/mol. The Morgan fingerprint density at radius 1 is 0.493 bits per heavy atom. The number of nitrogens with zero attached hydrogens (tertiary/aromatic N) is 1. The average Bonchev–Trinajstić information content (AvgIpc) is 3.35. The van der Waals surface area contributed by atoms with Crippen LogP contribution in [0, 0.1) is 0 Å². The molecule has 0 aliphatic heterocycles. The number of unbranched alkanes of at least 4 members (excludes halogenated alkanes) is 12. The molecule has 1 amide bonds. The Labute approximate surface area is 448 Å². The van der Waals surface area contributed by atoms with Crippen LogP contribution in [-0.2, 0) is 18.4 Å². The van der Waals surface area contributed by atoms with E-state index in [-0.39, 0.29) is 12.5 Å². The molecule has 9 heteroatoms. The summed E-state index contributed by atoms with van der Waals surface area (Å²) in [5.41, 5.74) is 0. The summed E-state index contributed by atoms with van der Waals surface area (Å²) in [5.74, 6) is -0.230. The first-order valence-electron chi connectivity index (χ1n) is 28.3. The molecular formula is C64H105N2O6P. The fourth-order valence-corrected chi connectivity index (χ4v) is 7.74. The molecule has 412 valence electrons. The second-order valence-corrected chi connectivity index (χ2v) is 20.9. The number of hydrogen-bond donors (Lipinski definition) is 2. The highest BCUT2D eigenvalue weighted by atomic mass is 31.2. The van der Waals surface area contributed by atoms with Crippen molar-refractivity contribution >= 4 is 13.7 Å². The van der Waals surface area contributed by atoms with E-state index in [0.29, 0.717) is 17.4 Å². The summed E-state index contributed by atoms with van der Waals surface area (Å²) in [6.45, 7) is 4.41. The van der Waals surface area contributed by atoms with Crippen LogP contribution in [0.2, 0.25) is 0 Å². The van der Waals surface area contributed by atoms with Crippen LogP contribution in [0.4, 0.5) is 0 Å².